The Morgan fingerprint density at radius 2 is 1.81 bits per heavy atom. The molecule has 36 heavy (non-hydrogen) atoms. The van der Waals surface area contributed by atoms with E-state index >= 15 is 0 Å². The first-order chi connectivity index (χ1) is 17.6. The number of para-hydroxylation sites is 1. The fourth-order valence-electron chi connectivity index (χ4n) is 4.28. The Morgan fingerprint density at radius 3 is 2.53 bits per heavy atom. The number of aromatic nitrogens is 1. The number of benzene rings is 2. The van der Waals surface area contributed by atoms with Crippen LogP contribution in [-0.4, -0.2) is 43.6 Å². The van der Waals surface area contributed by atoms with Crippen LogP contribution >= 0.6 is 0 Å². The van der Waals surface area contributed by atoms with Gasteiger partial charge in [0.05, 0.1) is 13.7 Å². The van der Waals surface area contributed by atoms with E-state index in [1.54, 1.807) is 25.4 Å². The Bertz CT molecular complexity index is 1170. The van der Waals surface area contributed by atoms with E-state index in [9.17, 15) is 9.59 Å². The van der Waals surface area contributed by atoms with Gasteiger partial charge in [-0.3, -0.25) is 9.59 Å². The number of hydrogen-bond donors (Lipinski definition) is 2. The van der Waals surface area contributed by atoms with Crippen molar-refractivity contribution >= 4 is 23.3 Å². The van der Waals surface area contributed by atoms with Crippen molar-refractivity contribution in [1.82, 2.24) is 10.3 Å². The maximum Gasteiger partial charge on any atom is 0.255 e. The second-order valence-electron chi connectivity index (χ2n) is 8.61. The lowest BCUT2D eigenvalue weighted by Gasteiger charge is -2.32. The molecule has 0 aliphatic carbocycles. The van der Waals surface area contributed by atoms with Gasteiger partial charge < -0.3 is 25.0 Å². The molecule has 8 nitrogen and oxygen atoms in total. The minimum atomic E-state index is -0.201. The minimum Gasteiger partial charge on any atom is -0.496 e. The maximum absolute atomic E-state index is 12.8. The molecule has 0 radical (unpaired) electrons. The van der Waals surface area contributed by atoms with Gasteiger partial charge in [-0.05, 0) is 62.2 Å². The predicted molar refractivity (Wildman–Crippen MR) is 140 cm³/mol. The summed E-state index contributed by atoms with van der Waals surface area (Å²) in [6, 6.07) is 18.5. The molecule has 0 saturated carbocycles. The van der Waals surface area contributed by atoms with Gasteiger partial charge in [-0.15, -0.1) is 0 Å². The van der Waals surface area contributed by atoms with Gasteiger partial charge in [0.2, 0.25) is 5.91 Å². The summed E-state index contributed by atoms with van der Waals surface area (Å²) in [5.74, 6) is 2.07. The summed E-state index contributed by atoms with van der Waals surface area (Å²) in [6.07, 6.45) is 3.10. The molecule has 1 saturated heterocycles. The molecule has 2 N–H and O–H groups in total. The largest absolute Gasteiger partial charge is 0.496 e. The number of rotatable bonds is 9. The van der Waals surface area contributed by atoms with Crippen LogP contribution in [0.4, 0.5) is 11.5 Å². The van der Waals surface area contributed by atoms with Gasteiger partial charge in [-0.25, -0.2) is 4.98 Å². The first-order valence-electron chi connectivity index (χ1n) is 12.2. The number of piperidine rings is 1. The third kappa shape index (κ3) is 6.33. The molecule has 4 rings (SSSR count). The Morgan fingerprint density at radius 1 is 1.06 bits per heavy atom. The molecule has 0 bridgehead atoms. The highest BCUT2D eigenvalue weighted by Gasteiger charge is 2.26. The third-order valence-corrected chi connectivity index (χ3v) is 6.27. The van der Waals surface area contributed by atoms with E-state index in [-0.39, 0.29) is 17.7 Å². The first-order valence-corrected chi connectivity index (χ1v) is 12.2. The van der Waals surface area contributed by atoms with Crippen LogP contribution in [0, 0.1) is 5.92 Å². The lowest BCUT2D eigenvalue weighted by atomic mass is 9.95. The number of nitrogens with zero attached hydrogens (tertiary/aromatic N) is 2. The minimum absolute atomic E-state index is 0.0528. The maximum atomic E-state index is 12.8. The summed E-state index contributed by atoms with van der Waals surface area (Å²) in [5, 5.41) is 5.95. The van der Waals surface area contributed by atoms with Gasteiger partial charge in [0, 0.05) is 48.6 Å². The fourth-order valence-corrected chi connectivity index (χ4v) is 4.28. The lowest BCUT2D eigenvalue weighted by molar-refractivity contribution is -0.125. The van der Waals surface area contributed by atoms with Gasteiger partial charge >= 0.3 is 0 Å². The molecular formula is C28H32N4O4. The van der Waals surface area contributed by atoms with Crippen molar-refractivity contribution < 1.29 is 19.1 Å². The van der Waals surface area contributed by atoms with Crippen LogP contribution in [0.5, 0.6) is 11.5 Å². The number of nitrogens with one attached hydrogen (secondary N) is 2. The summed E-state index contributed by atoms with van der Waals surface area (Å²) in [5.41, 5.74) is 2.18. The predicted octanol–water partition coefficient (Wildman–Crippen LogP) is 4.27. The van der Waals surface area contributed by atoms with Gasteiger partial charge in [0.1, 0.15) is 17.3 Å². The second kappa shape index (κ2) is 12.1. The van der Waals surface area contributed by atoms with E-state index in [1.807, 2.05) is 55.5 Å². The molecule has 2 aromatic carbocycles. The van der Waals surface area contributed by atoms with Crippen LogP contribution in [0.25, 0.3) is 0 Å². The lowest BCUT2D eigenvalue weighted by Crippen LogP contribution is -2.40. The van der Waals surface area contributed by atoms with Crippen molar-refractivity contribution in [3.05, 3.63) is 78.0 Å². The zero-order valence-electron chi connectivity index (χ0n) is 20.7. The molecular weight excluding hydrogens is 456 g/mol. The Kier molecular flexibility index (Phi) is 8.39. The normalized spacial score (nSPS) is 13.7. The van der Waals surface area contributed by atoms with Crippen LogP contribution in [0.15, 0.2) is 66.9 Å². The SMILES string of the molecule is CCOc1ccc(NC(=O)c2ccnc(N3CCC(C(=O)NCc4ccccc4OC)CC3)c2)cc1. The van der Waals surface area contributed by atoms with Gasteiger partial charge in [-0.1, -0.05) is 18.2 Å². The van der Waals surface area contributed by atoms with Crippen LogP contribution in [0.3, 0.4) is 0 Å². The molecule has 8 heteroatoms. The Hall–Kier alpha value is -4.07. The fraction of sp³-hybridized carbons (Fsp3) is 0.321. The van der Waals surface area contributed by atoms with Crippen molar-refractivity contribution in [3.8, 4) is 11.5 Å². The third-order valence-electron chi connectivity index (χ3n) is 6.27. The van der Waals surface area contributed by atoms with Gasteiger partial charge in [0.25, 0.3) is 5.91 Å². The van der Waals surface area contributed by atoms with E-state index in [2.05, 4.69) is 20.5 Å². The summed E-state index contributed by atoms with van der Waals surface area (Å²) in [4.78, 5) is 32.1. The molecule has 2 amide bonds. The van der Waals surface area contributed by atoms with E-state index in [4.69, 9.17) is 9.47 Å². The molecule has 1 fully saturated rings. The monoisotopic (exact) mass is 488 g/mol. The molecule has 1 aromatic heterocycles. The molecule has 1 aliphatic rings. The smallest absolute Gasteiger partial charge is 0.255 e. The molecule has 188 valence electrons. The number of anilines is 2. The zero-order chi connectivity index (χ0) is 25.3. The summed E-state index contributed by atoms with van der Waals surface area (Å²) < 4.78 is 10.8. The summed E-state index contributed by atoms with van der Waals surface area (Å²) in [7, 11) is 1.63. The molecule has 0 spiro atoms. The quantitative estimate of drug-likeness (QED) is 0.467. The van der Waals surface area contributed by atoms with Crippen LogP contribution in [0.1, 0.15) is 35.7 Å². The number of hydrogen-bond acceptors (Lipinski definition) is 6. The number of ether oxygens (including phenoxy) is 2. The number of carbonyl (C=O) groups is 2. The van der Waals surface area contributed by atoms with E-state index in [0.29, 0.717) is 37.5 Å². The number of pyridine rings is 1. The molecule has 2 heterocycles. The highest BCUT2D eigenvalue weighted by atomic mass is 16.5. The highest BCUT2D eigenvalue weighted by Crippen LogP contribution is 2.24. The summed E-state index contributed by atoms with van der Waals surface area (Å²) in [6.45, 7) is 4.36. The Balaban J connectivity index is 1.30. The van der Waals surface area contributed by atoms with Crippen molar-refractivity contribution in [2.45, 2.75) is 26.3 Å². The Labute approximate surface area is 211 Å². The van der Waals surface area contributed by atoms with E-state index in [1.165, 1.54) is 0 Å². The van der Waals surface area contributed by atoms with Gasteiger partial charge in [0.15, 0.2) is 0 Å². The number of carbonyl (C=O) groups excluding carboxylic acids is 2. The zero-order valence-corrected chi connectivity index (χ0v) is 20.7. The highest BCUT2D eigenvalue weighted by molar-refractivity contribution is 6.04. The van der Waals surface area contributed by atoms with Gasteiger partial charge in [-0.2, -0.15) is 0 Å². The molecule has 3 aromatic rings. The topological polar surface area (TPSA) is 92.8 Å². The molecule has 0 atom stereocenters. The van der Waals surface area contributed by atoms with Crippen molar-refractivity contribution in [2.75, 3.05) is 37.0 Å². The molecule has 0 unspecified atom stereocenters. The van der Waals surface area contributed by atoms with Crippen molar-refractivity contribution in [2.24, 2.45) is 5.92 Å². The van der Waals surface area contributed by atoms with E-state index < -0.39 is 0 Å². The average molecular weight is 489 g/mol. The molecule has 1 aliphatic heterocycles. The van der Waals surface area contributed by atoms with Crippen LogP contribution < -0.4 is 25.0 Å². The van der Waals surface area contributed by atoms with Crippen LogP contribution in [-0.2, 0) is 11.3 Å². The number of amides is 2. The second-order valence-corrected chi connectivity index (χ2v) is 8.61. The average Bonchev–Trinajstić information content (AvgIpc) is 2.93. The van der Waals surface area contributed by atoms with Crippen molar-refractivity contribution in [1.29, 1.82) is 0 Å². The standard InChI is InChI=1S/C28H32N4O4/c1-3-36-24-10-8-23(9-11-24)31-28(34)21-12-15-29-26(18-21)32-16-13-20(14-17-32)27(33)30-19-22-6-4-5-7-25(22)35-2/h4-12,15,18,20H,3,13-14,16-17,19H2,1-2H3,(H,30,33)(H,31,34). The number of methoxy groups -OCH3 is 1. The first kappa shape index (κ1) is 25.0. The van der Waals surface area contributed by atoms with E-state index in [0.717, 1.165) is 35.7 Å². The summed E-state index contributed by atoms with van der Waals surface area (Å²) >= 11 is 0. The van der Waals surface area contributed by atoms with Crippen LogP contribution in [0.2, 0.25) is 0 Å². The van der Waals surface area contributed by atoms with Crippen molar-refractivity contribution in [3.63, 3.8) is 0 Å².